The Morgan fingerprint density at radius 1 is 0.380 bits per heavy atom. The van der Waals surface area contributed by atoms with Crippen molar-refractivity contribution in [2.45, 2.75) is 91.4 Å². The molecule has 0 unspecified atom stereocenters. The molecule has 0 spiro atoms. The van der Waals surface area contributed by atoms with Gasteiger partial charge in [-0.1, -0.05) is 0 Å². The molecule has 8 amide bonds. The van der Waals surface area contributed by atoms with E-state index in [2.05, 4.69) is 129 Å². The van der Waals surface area contributed by atoms with Crippen LogP contribution in [0.25, 0.3) is 90.3 Å². The molecule has 24 rings (SSSR count). The summed E-state index contributed by atoms with van der Waals surface area (Å²) in [6, 6.07) is 39.6. The topological polar surface area (TPSA) is 430 Å². The van der Waals surface area contributed by atoms with E-state index in [0.29, 0.717) is 75.2 Å². The zero-order valence-electron chi connectivity index (χ0n) is 75.9. The van der Waals surface area contributed by atoms with E-state index in [1.54, 1.807) is 138 Å². The van der Waals surface area contributed by atoms with Crippen LogP contribution in [0.15, 0.2) is 228 Å². The van der Waals surface area contributed by atoms with Crippen LogP contribution in [0.1, 0.15) is 60.2 Å². The van der Waals surface area contributed by atoms with Crippen LogP contribution in [-0.4, -0.2) is 200 Å². The number of fused-ring (bicyclic) bond motifs is 16. The van der Waals surface area contributed by atoms with Gasteiger partial charge < -0.3 is 43.6 Å². The number of hydrogen-bond donors (Lipinski definition) is 5. The average Bonchev–Trinajstić information content (AvgIpc) is 1.65. The van der Waals surface area contributed by atoms with Gasteiger partial charge in [0.25, 0.3) is 5.56 Å². The molecular weight excluding hydrogens is 1740 g/mol. The minimum Gasteiger partial charge on any atom is -0.441 e. The largest absolute Gasteiger partial charge is 0.441 e. The fraction of sp³-hybridized carbons (Fsp3) is 0.245. The molecule has 39 heteroatoms. The number of urea groups is 4. The zero-order chi connectivity index (χ0) is 93.8. The SMILES string of the molecule is Cc1cc(-c2ccc3c(n2)N(C(=O)Nc2cc(-c4cnc(C)o4)cn(C)c2=O)[C@H]2CCN3C2)ccn1.Cc1cc(-c2ccc3c(n2)N(C(=O)Nc2cc(-c4ncn[nH]4)ccn2)[C@H]2CCN3C2)ccn1.Cc1cc(-c2ccc3c(n2)N(C(=O)Nc2cncc(-c4cnc(C)o4)c2)[C@H]2CCN3C2)ccn1.Cc1cc(-c2ccc3c(n2)N(C(=O)Nc2nccc(-c4cnn(C)c4)n2)[C@H]2CCN3C2)ccn1. The Balaban J connectivity index is 0.000000109. The monoisotopic (exact) mass is 1830 g/mol. The third-order valence-corrected chi connectivity index (χ3v) is 25.2. The number of aryl methyl sites for hydroxylation is 8. The predicted octanol–water partition coefficient (Wildman–Crippen LogP) is 14.7. The molecule has 0 radical (unpaired) electrons. The van der Waals surface area contributed by atoms with Crippen molar-refractivity contribution in [3.8, 4) is 90.3 Å². The van der Waals surface area contributed by atoms with Crippen LogP contribution in [0.3, 0.4) is 0 Å². The van der Waals surface area contributed by atoms with E-state index in [0.717, 1.165) is 185 Å². The van der Waals surface area contributed by atoms with Gasteiger partial charge in [0.05, 0.1) is 106 Å². The molecule has 5 N–H and O–H groups in total. The Hall–Kier alpha value is -17.4. The summed E-state index contributed by atoms with van der Waals surface area (Å²) < 4.78 is 14.4. The second-order valence-electron chi connectivity index (χ2n) is 34.6. The summed E-state index contributed by atoms with van der Waals surface area (Å²) >= 11 is 0. The second-order valence-corrected chi connectivity index (χ2v) is 34.6. The van der Waals surface area contributed by atoms with Crippen LogP contribution < -0.4 is 66.0 Å². The summed E-state index contributed by atoms with van der Waals surface area (Å²) in [5.41, 5.74) is 18.7. The highest BCUT2D eigenvalue weighted by atomic mass is 16.4. The highest BCUT2D eigenvalue weighted by Gasteiger charge is 2.45. The predicted molar refractivity (Wildman–Crippen MR) is 518 cm³/mol. The molecule has 39 nitrogen and oxygen atoms in total. The van der Waals surface area contributed by atoms with E-state index in [9.17, 15) is 24.0 Å². The first kappa shape index (κ1) is 86.3. The number of carbonyl (C=O) groups is 4. The standard InChI is InChI=1S/C26H25N7O3.C25H23N7O2.C24H23N9O.C23H21N9O/c1-15-10-17(6-8-27-15)20-4-5-22-24(29-20)33(19-7-9-32(22)14-19)26(35)30-21-11-18(13-31(3)25(21)34)23-12-28-16(2)36-23;1-15-9-17(5-7-27-15)21-3-4-22-24(30-21)32(20-6-8-31(22)14-20)25(33)29-19-10-18(11-26-12-19)23-13-28-16(2)34-23;1-15-11-16(5-8-25-15)19-3-4-21-22(28-19)33(18-7-10-32(21)14-18)24(34)30-23-26-9-6-20(29-23)17-12-27-31(2)13-17;1-14-10-15(4-7-24-14)18-2-3-19-22(28-18)32(17-6-9-31(19)12-17)23(33)29-20-11-16(5-8-25-20)21-26-13-27-30-21/h4-6,8,10-13,19H,7,9,14H2,1-3H3,(H,30,35);3-5,7,9-13,20H,6,8,14H2,1-2H3,(H,29,33);3-6,8-9,11-13,18H,7,10,14H2,1-2H3,(H,26,29,30,34);2-5,7-8,10-11,13,17H,6,9,12H2,1H3,(H,25,29,33)(H,26,27,30)/t19-;20-;18-;17-/m0000/s1. The number of pyridine rings is 11. The first-order valence-corrected chi connectivity index (χ1v) is 44.9. The Labute approximate surface area is 784 Å². The van der Waals surface area contributed by atoms with Crippen molar-refractivity contribution in [3.05, 3.63) is 259 Å². The molecule has 8 aliphatic rings. The summed E-state index contributed by atoms with van der Waals surface area (Å²) in [6.07, 6.45) is 27.1. The van der Waals surface area contributed by atoms with E-state index < -0.39 is 0 Å². The highest BCUT2D eigenvalue weighted by molar-refractivity contribution is 6.08. The van der Waals surface area contributed by atoms with E-state index in [-0.39, 0.29) is 65.5 Å². The van der Waals surface area contributed by atoms with Gasteiger partial charge >= 0.3 is 24.1 Å². The summed E-state index contributed by atoms with van der Waals surface area (Å²) in [7, 11) is 3.49. The number of anilines is 12. The number of amides is 8. The van der Waals surface area contributed by atoms with Crippen molar-refractivity contribution < 1.29 is 28.0 Å². The zero-order valence-corrected chi connectivity index (χ0v) is 75.9. The van der Waals surface area contributed by atoms with Crippen LogP contribution in [0.2, 0.25) is 0 Å². The van der Waals surface area contributed by atoms with Gasteiger partial charge in [-0.25, -0.2) is 69.0 Å². The maximum absolute atomic E-state index is 13.7. The van der Waals surface area contributed by atoms with Gasteiger partial charge in [-0.2, -0.15) is 10.2 Å². The lowest BCUT2D eigenvalue weighted by atomic mass is 10.1. The minimum absolute atomic E-state index is 0.0379. The number of oxazole rings is 2. The second kappa shape index (κ2) is 36.3. The third kappa shape index (κ3) is 17.6. The van der Waals surface area contributed by atoms with Gasteiger partial charge in [0.1, 0.15) is 17.8 Å². The molecule has 16 aromatic heterocycles. The average molecular weight is 1830 g/mol. The lowest BCUT2D eigenvalue weighted by molar-refractivity contribution is 0.254. The van der Waals surface area contributed by atoms with Crippen molar-refractivity contribution in [3.63, 3.8) is 0 Å². The number of carbonyl (C=O) groups excluding carboxylic acids is 4. The summed E-state index contributed by atoms with van der Waals surface area (Å²) in [5.74, 6) is 6.11. The maximum Gasteiger partial charge on any atom is 0.330 e. The Morgan fingerprint density at radius 3 is 1.23 bits per heavy atom. The molecule has 0 aromatic carbocycles. The van der Waals surface area contributed by atoms with Gasteiger partial charge in [-0.15, -0.1) is 0 Å². The molecule has 4 fully saturated rings. The van der Waals surface area contributed by atoms with Crippen LogP contribution in [0, 0.1) is 41.5 Å². The number of nitrogens with zero attached hydrogens (tertiary/aromatic N) is 27. The number of aromatic nitrogens is 20. The first-order chi connectivity index (χ1) is 66.6. The van der Waals surface area contributed by atoms with E-state index in [1.807, 2.05) is 132 Å². The van der Waals surface area contributed by atoms with Crippen molar-refractivity contribution in [2.24, 2.45) is 14.1 Å². The number of nitrogens with one attached hydrogen (secondary N) is 5. The Kier molecular flexibility index (Phi) is 22.9. The minimum atomic E-state index is -0.388. The molecule has 686 valence electrons. The van der Waals surface area contributed by atoms with Gasteiger partial charge in [0, 0.05) is 203 Å². The van der Waals surface area contributed by atoms with Gasteiger partial charge in [-0.3, -0.25) is 69.7 Å². The fourth-order valence-corrected chi connectivity index (χ4v) is 18.7. The van der Waals surface area contributed by atoms with Crippen LogP contribution >= 0.6 is 0 Å². The lowest BCUT2D eigenvalue weighted by Crippen LogP contribution is -2.48. The van der Waals surface area contributed by atoms with Crippen LogP contribution in [0.5, 0.6) is 0 Å². The smallest absolute Gasteiger partial charge is 0.330 e. The summed E-state index contributed by atoms with van der Waals surface area (Å²) in [5, 5.41) is 22.6. The van der Waals surface area contributed by atoms with Crippen LogP contribution in [0.4, 0.5) is 88.3 Å². The molecule has 4 atom stereocenters. The summed E-state index contributed by atoms with van der Waals surface area (Å²) in [4.78, 5) is 150. The summed E-state index contributed by atoms with van der Waals surface area (Å²) in [6.45, 7) is 18.0. The third-order valence-electron chi connectivity index (χ3n) is 25.2. The van der Waals surface area contributed by atoms with E-state index >= 15 is 0 Å². The maximum atomic E-state index is 13.7. The lowest BCUT2D eigenvalue weighted by Gasteiger charge is -2.36. The molecule has 4 saturated heterocycles. The van der Waals surface area contributed by atoms with E-state index in [1.165, 1.54) is 10.9 Å². The molecule has 0 aliphatic carbocycles. The number of H-pyrrole nitrogens is 1. The van der Waals surface area contributed by atoms with Crippen LogP contribution in [-0.2, 0) is 14.1 Å². The van der Waals surface area contributed by atoms with Gasteiger partial charge in [-0.05, 0) is 181 Å². The van der Waals surface area contributed by atoms with Gasteiger partial charge in [0.2, 0.25) is 5.95 Å². The number of hydrogen-bond acceptors (Lipinski definition) is 28. The van der Waals surface area contributed by atoms with Crippen molar-refractivity contribution in [1.82, 2.24) is 99.3 Å². The fourth-order valence-electron chi connectivity index (χ4n) is 18.7. The Morgan fingerprint density at radius 2 is 0.803 bits per heavy atom. The van der Waals surface area contributed by atoms with Gasteiger partial charge in [0.15, 0.2) is 52.4 Å². The van der Waals surface area contributed by atoms with Crippen molar-refractivity contribution in [2.75, 3.05) is 113 Å². The molecule has 8 bridgehead atoms. The van der Waals surface area contributed by atoms with Crippen molar-refractivity contribution in [1.29, 1.82) is 0 Å². The van der Waals surface area contributed by atoms with Crippen molar-refractivity contribution >= 4 is 93.3 Å². The Bertz CT molecular complexity index is 7210. The highest BCUT2D eigenvalue weighted by Crippen LogP contribution is 2.46. The number of rotatable bonds is 12. The molecule has 16 aromatic rings. The molecular formula is C98H92N32O7. The molecule has 24 heterocycles. The molecule has 8 aliphatic heterocycles. The quantitative estimate of drug-likeness (QED) is 0.0758. The molecule has 137 heavy (non-hydrogen) atoms. The normalized spacial score (nSPS) is 16.4. The van der Waals surface area contributed by atoms with E-state index in [4.69, 9.17) is 28.8 Å². The first-order valence-electron chi connectivity index (χ1n) is 44.9. The number of aromatic amines is 1. The molecule has 0 saturated carbocycles.